The van der Waals surface area contributed by atoms with Crippen molar-refractivity contribution in [3.05, 3.63) is 0 Å². The van der Waals surface area contributed by atoms with Gasteiger partial charge in [-0.05, 0) is 19.4 Å². The maximum Gasteiger partial charge on any atom is 0.0838 e. The Morgan fingerprint density at radius 3 is 2.82 bits per heavy atom. The molecule has 0 aromatic heterocycles. The minimum absolute atomic E-state index is 0.231. The Morgan fingerprint density at radius 2 is 2.27 bits per heavy atom. The number of hydrogen-bond acceptors (Lipinski definition) is 3. The molecule has 2 rings (SSSR count). The van der Waals surface area contributed by atoms with E-state index in [4.69, 9.17) is 4.74 Å². The van der Waals surface area contributed by atoms with E-state index in [2.05, 4.69) is 5.32 Å². The smallest absolute Gasteiger partial charge is 0.0838 e. The summed E-state index contributed by atoms with van der Waals surface area (Å²) < 4.78 is 5.19. The molecule has 2 saturated heterocycles. The average molecular weight is 157 g/mol. The first-order chi connectivity index (χ1) is 5.38. The van der Waals surface area contributed by atoms with Crippen molar-refractivity contribution in [2.24, 2.45) is 5.92 Å². The molecule has 3 heteroatoms. The molecule has 0 spiro atoms. The van der Waals surface area contributed by atoms with Crippen LogP contribution in [0.15, 0.2) is 0 Å². The van der Waals surface area contributed by atoms with Crippen molar-refractivity contribution in [1.29, 1.82) is 0 Å². The van der Waals surface area contributed by atoms with Crippen molar-refractivity contribution in [3.63, 3.8) is 0 Å². The highest BCUT2D eigenvalue weighted by Gasteiger charge is 2.34. The molecule has 3 nitrogen and oxygen atoms in total. The molecule has 2 aliphatic rings. The van der Waals surface area contributed by atoms with Crippen LogP contribution in [0.3, 0.4) is 0 Å². The monoisotopic (exact) mass is 157 g/mol. The largest absolute Gasteiger partial charge is 0.390 e. The molecule has 0 amide bonds. The Morgan fingerprint density at radius 1 is 1.36 bits per heavy atom. The lowest BCUT2D eigenvalue weighted by Crippen LogP contribution is -2.37. The predicted octanol–water partition coefficient (Wildman–Crippen LogP) is -0.254. The van der Waals surface area contributed by atoms with Gasteiger partial charge >= 0.3 is 0 Å². The Bertz CT molecular complexity index is 134. The third-order valence-electron chi connectivity index (χ3n) is 2.71. The number of hydrogen-bond donors (Lipinski definition) is 2. The molecule has 0 bridgehead atoms. The first-order valence-corrected chi connectivity index (χ1v) is 4.37. The van der Waals surface area contributed by atoms with Crippen LogP contribution >= 0.6 is 0 Å². The molecule has 2 fully saturated rings. The third kappa shape index (κ3) is 1.41. The number of nitrogens with one attached hydrogen (secondary N) is 1. The van der Waals surface area contributed by atoms with Gasteiger partial charge in [0.1, 0.15) is 0 Å². The van der Waals surface area contributed by atoms with Gasteiger partial charge in [-0.3, -0.25) is 0 Å². The second-order valence-electron chi connectivity index (χ2n) is 3.47. The molecule has 2 aliphatic heterocycles. The van der Waals surface area contributed by atoms with E-state index in [9.17, 15) is 5.11 Å². The van der Waals surface area contributed by atoms with Crippen LogP contribution in [0.4, 0.5) is 0 Å². The fourth-order valence-corrected chi connectivity index (χ4v) is 2.02. The quantitative estimate of drug-likeness (QED) is 0.551. The minimum Gasteiger partial charge on any atom is -0.390 e. The highest BCUT2D eigenvalue weighted by molar-refractivity contribution is 4.88. The summed E-state index contributed by atoms with van der Waals surface area (Å²) in [6.07, 6.45) is 2.21. The van der Waals surface area contributed by atoms with Gasteiger partial charge in [-0.1, -0.05) is 0 Å². The molecular weight excluding hydrogens is 142 g/mol. The van der Waals surface area contributed by atoms with E-state index in [1.54, 1.807) is 0 Å². The molecule has 11 heavy (non-hydrogen) atoms. The molecule has 0 aromatic rings. The second-order valence-corrected chi connectivity index (χ2v) is 3.47. The fourth-order valence-electron chi connectivity index (χ4n) is 2.02. The summed E-state index contributed by atoms with van der Waals surface area (Å²) in [4.78, 5) is 0. The summed E-state index contributed by atoms with van der Waals surface area (Å²) in [6, 6.07) is 0.507. The average Bonchev–Trinajstić information content (AvgIpc) is 2.55. The van der Waals surface area contributed by atoms with Gasteiger partial charge in [-0.25, -0.2) is 0 Å². The molecule has 2 heterocycles. The summed E-state index contributed by atoms with van der Waals surface area (Å²) in [5.74, 6) is 0.345. The maximum atomic E-state index is 9.48. The maximum absolute atomic E-state index is 9.48. The van der Waals surface area contributed by atoms with Crippen molar-refractivity contribution in [2.75, 3.05) is 19.8 Å². The van der Waals surface area contributed by atoms with E-state index in [0.29, 0.717) is 18.6 Å². The van der Waals surface area contributed by atoms with Crippen molar-refractivity contribution in [2.45, 2.75) is 25.0 Å². The standard InChI is InChI=1S/C8H15NO2/c10-8-5-11-4-6(8)7-2-1-3-9-7/h6-10H,1-5H2/t6-,7?,8+/m0/s1. The molecular formula is C8H15NO2. The SMILES string of the molecule is O[C@@H]1COC[C@H]1C1CCCN1. The van der Waals surface area contributed by atoms with E-state index in [-0.39, 0.29) is 6.10 Å². The van der Waals surface area contributed by atoms with Gasteiger partial charge in [-0.2, -0.15) is 0 Å². The third-order valence-corrected chi connectivity index (χ3v) is 2.71. The summed E-state index contributed by atoms with van der Waals surface area (Å²) >= 11 is 0. The summed E-state index contributed by atoms with van der Waals surface area (Å²) in [5, 5.41) is 12.9. The lowest BCUT2D eigenvalue weighted by atomic mass is 9.96. The fraction of sp³-hybridized carbons (Fsp3) is 1.00. The zero-order valence-corrected chi connectivity index (χ0v) is 6.62. The lowest BCUT2D eigenvalue weighted by molar-refractivity contribution is 0.112. The van der Waals surface area contributed by atoms with Crippen LogP contribution in [0.5, 0.6) is 0 Å². The molecule has 2 N–H and O–H groups in total. The first-order valence-electron chi connectivity index (χ1n) is 4.37. The molecule has 0 saturated carbocycles. The minimum atomic E-state index is -0.231. The van der Waals surface area contributed by atoms with Crippen LogP contribution in [-0.4, -0.2) is 37.0 Å². The number of ether oxygens (including phenoxy) is 1. The summed E-state index contributed by atoms with van der Waals surface area (Å²) in [5.41, 5.74) is 0. The van der Waals surface area contributed by atoms with Crippen LogP contribution in [0.2, 0.25) is 0 Å². The second kappa shape index (κ2) is 3.09. The van der Waals surface area contributed by atoms with Crippen molar-refractivity contribution >= 4 is 0 Å². The van der Waals surface area contributed by atoms with E-state index in [0.717, 1.165) is 13.2 Å². The van der Waals surface area contributed by atoms with Gasteiger partial charge in [0.05, 0.1) is 19.3 Å². The summed E-state index contributed by atoms with van der Waals surface area (Å²) in [6.45, 7) is 2.37. The van der Waals surface area contributed by atoms with Gasteiger partial charge in [0, 0.05) is 12.0 Å². The number of aliphatic hydroxyl groups is 1. The van der Waals surface area contributed by atoms with E-state index >= 15 is 0 Å². The molecule has 0 radical (unpaired) electrons. The molecule has 0 aromatic carbocycles. The molecule has 1 unspecified atom stereocenters. The molecule has 64 valence electrons. The van der Waals surface area contributed by atoms with E-state index < -0.39 is 0 Å². The van der Waals surface area contributed by atoms with Gasteiger partial charge in [0.2, 0.25) is 0 Å². The Kier molecular flexibility index (Phi) is 2.11. The summed E-state index contributed by atoms with van der Waals surface area (Å²) in [7, 11) is 0. The van der Waals surface area contributed by atoms with Crippen molar-refractivity contribution < 1.29 is 9.84 Å². The van der Waals surface area contributed by atoms with E-state index in [1.165, 1.54) is 12.8 Å². The molecule has 0 aliphatic carbocycles. The van der Waals surface area contributed by atoms with Crippen molar-refractivity contribution in [3.8, 4) is 0 Å². The zero-order valence-electron chi connectivity index (χ0n) is 6.62. The van der Waals surface area contributed by atoms with E-state index in [1.807, 2.05) is 0 Å². The van der Waals surface area contributed by atoms with Crippen molar-refractivity contribution in [1.82, 2.24) is 5.32 Å². The Labute approximate surface area is 66.7 Å². The zero-order chi connectivity index (χ0) is 7.68. The van der Waals surface area contributed by atoms with Crippen LogP contribution in [0.25, 0.3) is 0 Å². The van der Waals surface area contributed by atoms with Crippen LogP contribution in [0, 0.1) is 5.92 Å². The van der Waals surface area contributed by atoms with Crippen LogP contribution in [0.1, 0.15) is 12.8 Å². The normalized spacial score (nSPS) is 45.0. The predicted molar refractivity (Wildman–Crippen MR) is 41.3 cm³/mol. The Balaban J connectivity index is 1.92. The van der Waals surface area contributed by atoms with Gasteiger partial charge < -0.3 is 15.2 Å². The number of aliphatic hydroxyl groups excluding tert-OH is 1. The first kappa shape index (κ1) is 7.53. The highest BCUT2D eigenvalue weighted by atomic mass is 16.5. The van der Waals surface area contributed by atoms with Gasteiger partial charge in [-0.15, -0.1) is 0 Å². The highest BCUT2D eigenvalue weighted by Crippen LogP contribution is 2.23. The Hall–Kier alpha value is -0.120. The lowest BCUT2D eigenvalue weighted by Gasteiger charge is -2.19. The topological polar surface area (TPSA) is 41.5 Å². The van der Waals surface area contributed by atoms with Gasteiger partial charge in [0.25, 0.3) is 0 Å². The van der Waals surface area contributed by atoms with Crippen LogP contribution in [-0.2, 0) is 4.74 Å². The number of rotatable bonds is 1. The molecule has 3 atom stereocenters. The van der Waals surface area contributed by atoms with Gasteiger partial charge in [0.15, 0.2) is 0 Å². The van der Waals surface area contributed by atoms with Crippen LogP contribution < -0.4 is 5.32 Å².